The lowest BCUT2D eigenvalue weighted by Gasteiger charge is -2.46. The summed E-state index contributed by atoms with van der Waals surface area (Å²) in [6.07, 6.45) is 5.33. The minimum absolute atomic E-state index is 0.464. The number of nitrogens with zero attached hydrogens (tertiary/aromatic N) is 1. The Labute approximate surface area is 75.1 Å². The Morgan fingerprint density at radius 1 is 1.17 bits per heavy atom. The minimum atomic E-state index is 0.464. The van der Waals surface area contributed by atoms with Crippen LogP contribution < -0.4 is 5.73 Å². The lowest BCUT2D eigenvalue weighted by atomic mass is 9.86. The highest BCUT2D eigenvalue weighted by atomic mass is 15.2. The van der Waals surface area contributed by atoms with Gasteiger partial charge in [-0.15, -0.1) is 0 Å². The molecule has 0 spiro atoms. The Hall–Kier alpha value is -0.0800. The van der Waals surface area contributed by atoms with Crippen LogP contribution in [-0.2, 0) is 0 Å². The first-order chi connectivity index (χ1) is 5.77. The first-order valence-corrected chi connectivity index (χ1v) is 5.27. The third kappa shape index (κ3) is 1.50. The molecule has 2 aliphatic rings. The van der Waals surface area contributed by atoms with Crippen molar-refractivity contribution in [2.45, 2.75) is 44.7 Å². The number of hydrogen-bond donors (Lipinski definition) is 1. The van der Waals surface area contributed by atoms with Crippen LogP contribution in [0.3, 0.4) is 0 Å². The molecule has 2 rings (SSSR count). The molecule has 0 unspecified atom stereocenters. The monoisotopic (exact) mass is 168 g/mol. The summed E-state index contributed by atoms with van der Waals surface area (Å²) in [4.78, 5) is 2.58. The molecule has 0 aromatic rings. The molecule has 2 heteroatoms. The van der Waals surface area contributed by atoms with Gasteiger partial charge in [-0.05, 0) is 18.8 Å². The van der Waals surface area contributed by atoms with Crippen LogP contribution in [0.25, 0.3) is 0 Å². The Morgan fingerprint density at radius 3 is 2.42 bits per heavy atom. The van der Waals surface area contributed by atoms with Crippen LogP contribution in [0.4, 0.5) is 0 Å². The highest BCUT2D eigenvalue weighted by Gasteiger charge is 2.33. The molecule has 0 amide bonds. The van der Waals surface area contributed by atoms with Crippen molar-refractivity contribution in [1.82, 2.24) is 4.90 Å². The molecular weight excluding hydrogens is 148 g/mol. The summed E-state index contributed by atoms with van der Waals surface area (Å²) >= 11 is 0. The van der Waals surface area contributed by atoms with Crippen LogP contribution in [0.5, 0.6) is 0 Å². The van der Waals surface area contributed by atoms with E-state index in [4.69, 9.17) is 5.73 Å². The van der Waals surface area contributed by atoms with Crippen molar-refractivity contribution in [3.8, 4) is 0 Å². The van der Waals surface area contributed by atoms with Gasteiger partial charge in [0.2, 0.25) is 0 Å². The molecule has 1 aliphatic heterocycles. The third-order valence-electron chi connectivity index (χ3n) is 3.34. The van der Waals surface area contributed by atoms with Gasteiger partial charge in [0.25, 0.3) is 0 Å². The zero-order valence-electron chi connectivity index (χ0n) is 8.00. The molecule has 2 nitrogen and oxygen atoms in total. The molecule has 0 radical (unpaired) electrons. The van der Waals surface area contributed by atoms with E-state index in [9.17, 15) is 0 Å². The number of rotatable bonds is 1. The van der Waals surface area contributed by atoms with Gasteiger partial charge in [0, 0.05) is 25.2 Å². The Bertz CT molecular complexity index is 152. The average molecular weight is 168 g/mol. The second kappa shape index (κ2) is 3.35. The van der Waals surface area contributed by atoms with Gasteiger partial charge < -0.3 is 5.73 Å². The molecule has 1 heterocycles. The second-order valence-corrected chi connectivity index (χ2v) is 4.57. The van der Waals surface area contributed by atoms with Gasteiger partial charge in [0.1, 0.15) is 0 Å². The molecule has 1 aliphatic carbocycles. The maximum Gasteiger partial charge on any atom is 0.0247 e. The molecule has 2 fully saturated rings. The zero-order valence-corrected chi connectivity index (χ0v) is 8.00. The van der Waals surface area contributed by atoms with E-state index in [1.807, 2.05) is 0 Å². The van der Waals surface area contributed by atoms with E-state index in [1.165, 1.54) is 38.8 Å². The van der Waals surface area contributed by atoms with Gasteiger partial charge in [0.05, 0.1) is 0 Å². The number of hydrogen-bond acceptors (Lipinski definition) is 2. The molecule has 2 atom stereocenters. The normalized spacial score (nSPS) is 39.5. The van der Waals surface area contributed by atoms with Gasteiger partial charge >= 0.3 is 0 Å². The Kier molecular flexibility index (Phi) is 2.37. The summed E-state index contributed by atoms with van der Waals surface area (Å²) in [5.41, 5.74) is 6.09. The van der Waals surface area contributed by atoms with Crippen LogP contribution in [0.1, 0.15) is 32.6 Å². The first kappa shape index (κ1) is 8.52. The van der Waals surface area contributed by atoms with Crippen molar-refractivity contribution in [3.05, 3.63) is 0 Å². The molecule has 12 heavy (non-hydrogen) atoms. The van der Waals surface area contributed by atoms with Gasteiger partial charge in [-0.3, -0.25) is 4.90 Å². The zero-order chi connectivity index (χ0) is 8.55. The lowest BCUT2D eigenvalue weighted by molar-refractivity contribution is 0.0339. The topological polar surface area (TPSA) is 29.3 Å². The molecule has 2 N–H and O–H groups in total. The van der Waals surface area contributed by atoms with Crippen molar-refractivity contribution in [2.75, 3.05) is 13.1 Å². The standard InChI is InChI=1S/C10H20N2/c1-8-6-12(7-8)10-5-3-2-4-9(10)11/h8-10H,2-7,11H2,1H3/t9-,10-/m1/s1. The lowest BCUT2D eigenvalue weighted by Crippen LogP contribution is -2.58. The van der Waals surface area contributed by atoms with E-state index in [0.29, 0.717) is 6.04 Å². The maximum atomic E-state index is 6.09. The highest BCUT2D eigenvalue weighted by molar-refractivity contribution is 4.91. The van der Waals surface area contributed by atoms with Crippen LogP contribution in [0, 0.1) is 5.92 Å². The van der Waals surface area contributed by atoms with E-state index in [1.54, 1.807) is 0 Å². The van der Waals surface area contributed by atoms with E-state index in [-0.39, 0.29) is 0 Å². The van der Waals surface area contributed by atoms with E-state index in [2.05, 4.69) is 11.8 Å². The molecule has 1 saturated carbocycles. The van der Waals surface area contributed by atoms with Gasteiger partial charge in [-0.1, -0.05) is 19.8 Å². The molecule has 1 saturated heterocycles. The second-order valence-electron chi connectivity index (χ2n) is 4.57. The molecular formula is C10H20N2. The van der Waals surface area contributed by atoms with Crippen LogP contribution in [-0.4, -0.2) is 30.1 Å². The largest absolute Gasteiger partial charge is 0.326 e. The smallest absolute Gasteiger partial charge is 0.0247 e. The summed E-state index contributed by atoms with van der Waals surface area (Å²) in [6, 6.07) is 1.18. The Morgan fingerprint density at radius 2 is 1.83 bits per heavy atom. The van der Waals surface area contributed by atoms with Gasteiger partial charge in [-0.25, -0.2) is 0 Å². The first-order valence-electron chi connectivity index (χ1n) is 5.27. The summed E-state index contributed by atoms with van der Waals surface area (Å²) in [7, 11) is 0. The van der Waals surface area contributed by atoms with Crippen molar-refractivity contribution in [2.24, 2.45) is 11.7 Å². The number of nitrogens with two attached hydrogens (primary N) is 1. The van der Waals surface area contributed by atoms with Crippen molar-refractivity contribution in [3.63, 3.8) is 0 Å². The molecule has 0 bridgehead atoms. The van der Waals surface area contributed by atoms with Crippen molar-refractivity contribution in [1.29, 1.82) is 0 Å². The summed E-state index contributed by atoms with van der Waals surface area (Å²) in [5, 5.41) is 0. The SMILES string of the molecule is CC1CN([C@@H]2CCCC[C@H]2N)C1. The molecule has 0 aromatic carbocycles. The van der Waals surface area contributed by atoms with Crippen LogP contribution in [0.15, 0.2) is 0 Å². The fourth-order valence-electron chi connectivity index (χ4n) is 2.61. The fraction of sp³-hybridized carbons (Fsp3) is 1.00. The predicted molar refractivity (Wildman–Crippen MR) is 51.0 cm³/mol. The van der Waals surface area contributed by atoms with Crippen LogP contribution in [0.2, 0.25) is 0 Å². The van der Waals surface area contributed by atoms with E-state index < -0.39 is 0 Å². The Balaban J connectivity index is 1.85. The third-order valence-corrected chi connectivity index (χ3v) is 3.34. The van der Waals surface area contributed by atoms with Gasteiger partial charge in [0.15, 0.2) is 0 Å². The molecule has 70 valence electrons. The van der Waals surface area contributed by atoms with E-state index in [0.717, 1.165) is 12.0 Å². The van der Waals surface area contributed by atoms with Crippen molar-refractivity contribution >= 4 is 0 Å². The highest BCUT2D eigenvalue weighted by Crippen LogP contribution is 2.27. The summed E-state index contributed by atoms with van der Waals surface area (Å²) in [5.74, 6) is 0.916. The van der Waals surface area contributed by atoms with Crippen molar-refractivity contribution < 1.29 is 0 Å². The predicted octanol–water partition coefficient (Wildman–Crippen LogP) is 1.21. The van der Waals surface area contributed by atoms with Crippen LogP contribution >= 0.6 is 0 Å². The quantitative estimate of drug-likeness (QED) is 0.637. The summed E-state index contributed by atoms with van der Waals surface area (Å²) in [6.45, 7) is 4.90. The number of likely N-dealkylation sites (tertiary alicyclic amines) is 1. The fourth-order valence-corrected chi connectivity index (χ4v) is 2.61. The summed E-state index contributed by atoms with van der Waals surface area (Å²) < 4.78 is 0. The van der Waals surface area contributed by atoms with E-state index >= 15 is 0 Å². The van der Waals surface area contributed by atoms with Gasteiger partial charge in [-0.2, -0.15) is 0 Å². The minimum Gasteiger partial charge on any atom is -0.326 e. The average Bonchev–Trinajstić information content (AvgIpc) is 2.01. The maximum absolute atomic E-state index is 6.09. The molecule has 0 aromatic heterocycles.